The summed E-state index contributed by atoms with van der Waals surface area (Å²) in [5.74, 6) is 0.804. The second-order valence-corrected chi connectivity index (χ2v) is 6.74. The molecule has 0 radical (unpaired) electrons. The number of amidine groups is 1. The molecule has 1 aliphatic rings. The first-order valence-electron chi connectivity index (χ1n) is 6.63. The van der Waals surface area contributed by atoms with Crippen molar-refractivity contribution in [1.29, 1.82) is 0 Å². The Hall–Kier alpha value is -1.24. The number of halogens is 2. The number of hydrogen-bond donors (Lipinski definition) is 0. The van der Waals surface area contributed by atoms with Gasteiger partial charge in [-0.25, -0.2) is 0 Å². The fourth-order valence-corrected chi connectivity index (χ4v) is 3.70. The van der Waals surface area contributed by atoms with Gasteiger partial charge in [0.1, 0.15) is 0 Å². The van der Waals surface area contributed by atoms with Crippen LogP contribution in [0.5, 0.6) is 0 Å². The Morgan fingerprint density at radius 3 is 2.91 bits per heavy atom. The zero-order chi connectivity index (χ0) is 15.5. The molecule has 2 heterocycles. The molecular weight excluding hydrogens is 388 g/mol. The van der Waals surface area contributed by atoms with Gasteiger partial charge in [0.05, 0.1) is 6.54 Å². The minimum atomic E-state index is -0.173. The number of nitrogens with zero attached hydrogens (tertiary/aromatic N) is 2. The predicted molar refractivity (Wildman–Crippen MR) is 92.5 cm³/mol. The normalized spacial score (nSPS) is 14.3. The second kappa shape index (κ2) is 6.89. The second-order valence-electron chi connectivity index (χ2n) is 4.60. The van der Waals surface area contributed by atoms with Crippen LogP contribution in [-0.2, 0) is 5.75 Å². The van der Waals surface area contributed by atoms with Crippen LogP contribution < -0.4 is 0 Å². The minimum absolute atomic E-state index is 0.173. The fourth-order valence-electron chi connectivity index (χ4n) is 2.06. The molecule has 0 saturated carbocycles. The molecule has 3 rings (SSSR count). The monoisotopic (exact) mass is 398 g/mol. The maximum Gasteiger partial charge on any atom is 0.295 e. The maximum atomic E-state index is 12.4. The van der Waals surface area contributed by atoms with Crippen molar-refractivity contribution in [2.45, 2.75) is 5.75 Å². The van der Waals surface area contributed by atoms with Crippen LogP contribution in [0.3, 0.4) is 0 Å². The van der Waals surface area contributed by atoms with Crippen LogP contribution in [0.1, 0.15) is 16.1 Å². The van der Waals surface area contributed by atoms with E-state index in [1.54, 1.807) is 17.0 Å². The Bertz CT molecular complexity index is 732. The molecule has 0 unspecified atom stereocenters. The minimum Gasteiger partial charge on any atom is -0.444 e. The Morgan fingerprint density at radius 2 is 2.18 bits per heavy atom. The van der Waals surface area contributed by atoms with Crippen LogP contribution in [0, 0.1) is 0 Å². The van der Waals surface area contributed by atoms with E-state index >= 15 is 0 Å². The van der Waals surface area contributed by atoms with Crippen molar-refractivity contribution in [3.8, 4) is 0 Å². The van der Waals surface area contributed by atoms with E-state index in [0.717, 1.165) is 10.6 Å². The Kier molecular flexibility index (Phi) is 4.90. The molecule has 7 heteroatoms. The SMILES string of the molecule is O=C(c1ccc(Br)o1)N1CCN=C1SCc1ccccc1Cl. The smallest absolute Gasteiger partial charge is 0.295 e. The molecule has 0 saturated heterocycles. The van der Waals surface area contributed by atoms with Gasteiger partial charge < -0.3 is 4.42 Å². The first-order chi connectivity index (χ1) is 10.6. The maximum absolute atomic E-state index is 12.4. The first kappa shape index (κ1) is 15.6. The molecule has 0 atom stereocenters. The van der Waals surface area contributed by atoms with Gasteiger partial charge >= 0.3 is 0 Å². The van der Waals surface area contributed by atoms with E-state index < -0.39 is 0 Å². The number of thioether (sulfide) groups is 1. The summed E-state index contributed by atoms with van der Waals surface area (Å²) in [5.41, 5.74) is 1.02. The lowest BCUT2D eigenvalue weighted by molar-refractivity contribution is 0.0829. The van der Waals surface area contributed by atoms with E-state index in [2.05, 4.69) is 20.9 Å². The van der Waals surface area contributed by atoms with Crippen molar-refractivity contribution in [3.63, 3.8) is 0 Å². The summed E-state index contributed by atoms with van der Waals surface area (Å²) < 4.78 is 5.87. The lowest BCUT2D eigenvalue weighted by Crippen LogP contribution is -2.32. The van der Waals surface area contributed by atoms with Crippen molar-refractivity contribution in [2.24, 2.45) is 4.99 Å². The van der Waals surface area contributed by atoms with Crippen molar-refractivity contribution < 1.29 is 9.21 Å². The van der Waals surface area contributed by atoms with Crippen LogP contribution >= 0.6 is 39.3 Å². The molecular formula is C15H12BrClN2O2S. The molecule has 22 heavy (non-hydrogen) atoms. The van der Waals surface area contributed by atoms with Crippen LogP contribution in [0.15, 0.2) is 50.5 Å². The number of carbonyl (C=O) groups is 1. The Labute approximate surface area is 145 Å². The molecule has 114 valence electrons. The van der Waals surface area contributed by atoms with E-state index in [0.29, 0.717) is 34.4 Å². The van der Waals surface area contributed by atoms with Crippen LogP contribution in [0.4, 0.5) is 0 Å². The molecule has 1 aliphatic heterocycles. The zero-order valence-corrected chi connectivity index (χ0v) is 14.6. The van der Waals surface area contributed by atoms with E-state index in [-0.39, 0.29) is 5.91 Å². The van der Waals surface area contributed by atoms with Gasteiger partial charge in [0.2, 0.25) is 0 Å². The van der Waals surface area contributed by atoms with E-state index in [1.807, 2.05) is 24.3 Å². The number of hydrogen-bond acceptors (Lipinski definition) is 4. The topological polar surface area (TPSA) is 45.8 Å². The first-order valence-corrected chi connectivity index (χ1v) is 8.78. The van der Waals surface area contributed by atoms with Gasteiger partial charge in [0, 0.05) is 17.3 Å². The van der Waals surface area contributed by atoms with Gasteiger partial charge in [-0.2, -0.15) is 0 Å². The summed E-state index contributed by atoms with van der Waals surface area (Å²) in [6, 6.07) is 11.0. The van der Waals surface area contributed by atoms with Crippen molar-refractivity contribution >= 4 is 50.4 Å². The number of aliphatic imine (C=N–C) groups is 1. The van der Waals surface area contributed by atoms with Crippen molar-refractivity contribution in [2.75, 3.05) is 13.1 Å². The molecule has 0 bridgehead atoms. The van der Waals surface area contributed by atoms with Crippen LogP contribution in [0.2, 0.25) is 5.02 Å². The molecule has 0 fully saturated rings. The molecule has 0 spiro atoms. The van der Waals surface area contributed by atoms with E-state index in [1.165, 1.54) is 11.8 Å². The summed E-state index contributed by atoms with van der Waals surface area (Å²) in [4.78, 5) is 18.5. The third-order valence-corrected chi connectivity index (χ3v) is 5.00. The zero-order valence-electron chi connectivity index (χ0n) is 11.5. The quantitative estimate of drug-likeness (QED) is 0.766. The van der Waals surface area contributed by atoms with Crippen molar-refractivity contribution in [3.05, 3.63) is 57.4 Å². The number of benzene rings is 1. The number of rotatable bonds is 3. The fraction of sp³-hybridized carbons (Fsp3) is 0.200. The third kappa shape index (κ3) is 3.39. The average molecular weight is 400 g/mol. The van der Waals surface area contributed by atoms with Crippen LogP contribution in [0.25, 0.3) is 0 Å². The van der Waals surface area contributed by atoms with Gasteiger partial charge in [0.15, 0.2) is 15.6 Å². The molecule has 0 N–H and O–H groups in total. The molecule has 4 nitrogen and oxygen atoms in total. The standard InChI is InChI=1S/C15H12BrClN2O2S/c16-13-6-5-12(21-13)14(20)19-8-7-18-15(19)22-9-10-3-1-2-4-11(10)17/h1-6H,7-9H2. The lowest BCUT2D eigenvalue weighted by atomic mass is 10.2. The molecule has 2 aromatic rings. The van der Waals surface area contributed by atoms with Crippen molar-refractivity contribution in [1.82, 2.24) is 4.90 Å². The summed E-state index contributed by atoms with van der Waals surface area (Å²) in [7, 11) is 0. The molecule has 1 amide bonds. The molecule has 1 aromatic heterocycles. The van der Waals surface area contributed by atoms with Gasteiger partial charge in [0.25, 0.3) is 5.91 Å². The van der Waals surface area contributed by atoms with E-state index in [9.17, 15) is 4.79 Å². The number of furan rings is 1. The predicted octanol–water partition coefficient (Wildman–Crippen LogP) is 4.44. The van der Waals surface area contributed by atoms with Gasteiger partial charge in [-0.3, -0.25) is 14.7 Å². The largest absolute Gasteiger partial charge is 0.444 e. The summed E-state index contributed by atoms with van der Waals surface area (Å²) in [6.07, 6.45) is 0. The molecule has 0 aliphatic carbocycles. The number of amides is 1. The highest BCUT2D eigenvalue weighted by Crippen LogP contribution is 2.25. The molecule has 1 aromatic carbocycles. The lowest BCUT2D eigenvalue weighted by Gasteiger charge is -2.16. The Morgan fingerprint density at radius 1 is 1.36 bits per heavy atom. The summed E-state index contributed by atoms with van der Waals surface area (Å²) in [5, 5.41) is 1.43. The van der Waals surface area contributed by atoms with Gasteiger partial charge in [-0.05, 0) is 39.7 Å². The summed E-state index contributed by atoms with van der Waals surface area (Å²) >= 11 is 10.9. The van der Waals surface area contributed by atoms with Gasteiger partial charge in [-0.15, -0.1) is 0 Å². The highest BCUT2D eigenvalue weighted by molar-refractivity contribution is 9.10. The third-order valence-electron chi connectivity index (χ3n) is 3.15. The highest BCUT2D eigenvalue weighted by Gasteiger charge is 2.27. The van der Waals surface area contributed by atoms with Crippen LogP contribution in [-0.4, -0.2) is 29.1 Å². The highest BCUT2D eigenvalue weighted by atomic mass is 79.9. The Balaban J connectivity index is 1.68. The van der Waals surface area contributed by atoms with Gasteiger partial charge in [-0.1, -0.05) is 41.6 Å². The summed E-state index contributed by atoms with van der Waals surface area (Å²) in [6.45, 7) is 1.18. The van der Waals surface area contributed by atoms with E-state index in [4.69, 9.17) is 16.0 Å². The average Bonchev–Trinajstić information content (AvgIpc) is 3.14. The number of carbonyl (C=O) groups excluding carboxylic acids is 1.